The third-order valence-electron chi connectivity index (χ3n) is 4.51. The fourth-order valence-corrected chi connectivity index (χ4v) is 3.94. The number of hydrogen-bond acceptors (Lipinski definition) is 7. The summed E-state index contributed by atoms with van der Waals surface area (Å²) in [6, 6.07) is 7.09. The minimum absolute atomic E-state index is 0.0563. The number of methoxy groups -OCH3 is 1. The van der Waals surface area contributed by atoms with Crippen LogP contribution in [0.2, 0.25) is 5.02 Å². The van der Waals surface area contributed by atoms with Crippen LogP contribution < -0.4 is 21.9 Å². The van der Waals surface area contributed by atoms with Crippen LogP contribution in [-0.2, 0) is 11.3 Å². The number of carbonyl (C=O) groups excluding carboxylic acids is 1. The Labute approximate surface area is 187 Å². The summed E-state index contributed by atoms with van der Waals surface area (Å²) in [6.45, 7) is 2.39. The van der Waals surface area contributed by atoms with E-state index < -0.39 is 17.2 Å². The van der Waals surface area contributed by atoms with Crippen molar-refractivity contribution < 1.29 is 9.53 Å². The van der Waals surface area contributed by atoms with Crippen molar-refractivity contribution in [2.75, 3.05) is 30.9 Å². The number of nitrogens with zero attached hydrogens (tertiary/aromatic N) is 3. The average molecular weight is 464 g/mol. The number of ether oxygens (including phenoxy) is 1. The molecule has 0 aliphatic heterocycles. The topological polar surface area (TPSA) is 123 Å². The zero-order valence-electron chi connectivity index (χ0n) is 17.1. The van der Waals surface area contributed by atoms with Gasteiger partial charge in [0.2, 0.25) is 0 Å². The van der Waals surface area contributed by atoms with Crippen LogP contribution in [0.15, 0.2) is 39.2 Å². The number of hydrogen-bond donors (Lipinski definition) is 2. The van der Waals surface area contributed by atoms with Gasteiger partial charge in [0, 0.05) is 36.2 Å². The fraction of sp³-hybridized carbons (Fsp3) is 0.300. The molecule has 0 unspecified atom stereocenters. The Hall–Kier alpha value is -2.95. The van der Waals surface area contributed by atoms with Gasteiger partial charge in [0.25, 0.3) is 11.5 Å². The first-order valence-electron chi connectivity index (χ1n) is 9.52. The summed E-state index contributed by atoms with van der Waals surface area (Å²) in [7, 11) is 1.48. The third kappa shape index (κ3) is 4.87. The molecule has 0 atom stereocenters. The van der Waals surface area contributed by atoms with E-state index in [0.717, 1.165) is 5.56 Å². The maximum atomic E-state index is 13.3. The fourth-order valence-electron chi connectivity index (χ4n) is 3.02. The normalized spacial score (nSPS) is 10.9. The number of aromatic amines is 1. The molecule has 0 saturated carbocycles. The number of aromatic nitrogens is 3. The molecule has 11 heteroatoms. The van der Waals surface area contributed by atoms with E-state index in [0.29, 0.717) is 23.0 Å². The molecule has 9 nitrogen and oxygen atoms in total. The van der Waals surface area contributed by atoms with Gasteiger partial charge in [-0.15, -0.1) is 11.3 Å². The molecule has 0 fully saturated rings. The van der Waals surface area contributed by atoms with Crippen molar-refractivity contribution >= 4 is 40.4 Å². The zero-order chi connectivity index (χ0) is 22.5. The van der Waals surface area contributed by atoms with Crippen molar-refractivity contribution in [2.24, 2.45) is 0 Å². The molecule has 1 amide bonds. The molecule has 1 aromatic carbocycles. The summed E-state index contributed by atoms with van der Waals surface area (Å²) in [5.74, 6) is -0.597. The molecule has 0 saturated heterocycles. The lowest BCUT2D eigenvalue weighted by molar-refractivity contribution is 0.0971. The summed E-state index contributed by atoms with van der Waals surface area (Å²) >= 11 is 7.22. The number of nitrogens with two attached hydrogens (primary N) is 1. The highest BCUT2D eigenvalue weighted by Gasteiger charge is 2.26. The van der Waals surface area contributed by atoms with Gasteiger partial charge in [-0.1, -0.05) is 30.7 Å². The molecule has 0 radical (unpaired) electrons. The lowest BCUT2D eigenvalue weighted by atomic mass is 10.2. The number of thiazole rings is 1. The molecule has 3 rings (SSSR count). The van der Waals surface area contributed by atoms with E-state index >= 15 is 0 Å². The number of carbonyl (C=O) groups is 1. The van der Waals surface area contributed by atoms with Crippen LogP contribution in [0.25, 0.3) is 10.6 Å². The number of H-pyrrole nitrogens is 1. The van der Waals surface area contributed by atoms with Crippen LogP contribution >= 0.6 is 22.9 Å². The maximum absolute atomic E-state index is 13.3. The van der Waals surface area contributed by atoms with Crippen molar-refractivity contribution in [3.05, 3.63) is 61.2 Å². The standard InChI is InChI=1S/C20H22ClN5O4S/c1-3-8-26-16(22)15(17(27)24-20(26)29)25(9-10-30-2)19(28)14-11-31-18(23-14)12-4-6-13(21)7-5-12/h4-7,11H,3,8-10,22H2,1-2H3,(H,24,27,29). The summed E-state index contributed by atoms with van der Waals surface area (Å²) in [4.78, 5) is 45.9. The van der Waals surface area contributed by atoms with Gasteiger partial charge < -0.3 is 10.5 Å². The first-order chi connectivity index (χ1) is 14.9. The minimum Gasteiger partial charge on any atom is -0.383 e. The Bertz CT molecular complexity index is 1190. The van der Waals surface area contributed by atoms with Crippen LogP contribution in [0.5, 0.6) is 0 Å². The van der Waals surface area contributed by atoms with E-state index in [1.807, 2.05) is 6.92 Å². The van der Waals surface area contributed by atoms with Crippen molar-refractivity contribution in [1.29, 1.82) is 0 Å². The lowest BCUT2D eigenvalue weighted by Gasteiger charge is -2.23. The molecule has 0 aliphatic carbocycles. The highest BCUT2D eigenvalue weighted by molar-refractivity contribution is 7.13. The van der Waals surface area contributed by atoms with Gasteiger partial charge in [0.15, 0.2) is 5.69 Å². The Balaban J connectivity index is 2.03. The summed E-state index contributed by atoms with van der Waals surface area (Å²) in [5, 5.41) is 2.84. The Morgan fingerprint density at radius 2 is 2.03 bits per heavy atom. The molecular weight excluding hydrogens is 442 g/mol. The maximum Gasteiger partial charge on any atom is 0.330 e. The SMILES string of the molecule is CCCn1c(N)c(N(CCOC)C(=O)c2csc(-c3ccc(Cl)cc3)n2)c(=O)[nH]c1=O. The number of amides is 1. The molecule has 31 heavy (non-hydrogen) atoms. The molecule has 2 aromatic heterocycles. The smallest absolute Gasteiger partial charge is 0.330 e. The molecule has 0 spiro atoms. The number of halogens is 1. The van der Waals surface area contributed by atoms with Gasteiger partial charge in [-0.2, -0.15) is 0 Å². The molecular formula is C20H22ClN5O4S. The highest BCUT2D eigenvalue weighted by atomic mass is 35.5. The first kappa shape index (κ1) is 22.7. The van der Waals surface area contributed by atoms with E-state index in [1.165, 1.54) is 27.9 Å². The molecule has 3 aromatic rings. The second kappa shape index (κ2) is 9.90. The van der Waals surface area contributed by atoms with E-state index in [1.54, 1.807) is 29.6 Å². The van der Waals surface area contributed by atoms with Gasteiger partial charge in [0.1, 0.15) is 16.5 Å². The Morgan fingerprint density at radius 3 is 2.68 bits per heavy atom. The van der Waals surface area contributed by atoms with Crippen molar-refractivity contribution in [1.82, 2.24) is 14.5 Å². The van der Waals surface area contributed by atoms with Gasteiger partial charge in [-0.3, -0.25) is 24.0 Å². The summed E-state index contributed by atoms with van der Waals surface area (Å²) in [5.41, 5.74) is 5.65. The van der Waals surface area contributed by atoms with Crippen LogP contribution in [0, 0.1) is 0 Å². The van der Waals surface area contributed by atoms with Gasteiger partial charge in [0.05, 0.1) is 6.61 Å². The van der Waals surface area contributed by atoms with Crippen LogP contribution in [0.3, 0.4) is 0 Å². The monoisotopic (exact) mass is 463 g/mol. The summed E-state index contributed by atoms with van der Waals surface area (Å²) < 4.78 is 6.34. The quantitative estimate of drug-likeness (QED) is 0.529. The molecule has 3 N–H and O–H groups in total. The zero-order valence-corrected chi connectivity index (χ0v) is 18.6. The minimum atomic E-state index is -0.743. The van der Waals surface area contributed by atoms with Crippen molar-refractivity contribution in [2.45, 2.75) is 19.9 Å². The predicted octanol–water partition coefficient (Wildman–Crippen LogP) is 2.60. The van der Waals surface area contributed by atoms with Crippen LogP contribution in [0.4, 0.5) is 11.5 Å². The number of benzene rings is 1. The molecule has 0 aliphatic rings. The second-order valence-electron chi connectivity index (χ2n) is 6.64. The highest BCUT2D eigenvalue weighted by Crippen LogP contribution is 2.27. The van der Waals surface area contributed by atoms with E-state index in [9.17, 15) is 14.4 Å². The number of rotatable bonds is 8. The average Bonchev–Trinajstić information content (AvgIpc) is 3.23. The number of nitrogen functional groups attached to an aromatic ring is 1. The molecule has 164 valence electrons. The van der Waals surface area contributed by atoms with E-state index in [4.69, 9.17) is 22.1 Å². The van der Waals surface area contributed by atoms with Gasteiger partial charge >= 0.3 is 5.69 Å². The van der Waals surface area contributed by atoms with Crippen molar-refractivity contribution in [3.8, 4) is 10.6 Å². The van der Waals surface area contributed by atoms with Crippen LogP contribution in [0.1, 0.15) is 23.8 Å². The largest absolute Gasteiger partial charge is 0.383 e. The third-order valence-corrected chi connectivity index (χ3v) is 5.65. The number of nitrogens with one attached hydrogen (secondary N) is 1. The number of anilines is 2. The van der Waals surface area contributed by atoms with Gasteiger partial charge in [-0.05, 0) is 18.6 Å². The predicted molar refractivity (Wildman–Crippen MR) is 122 cm³/mol. The second-order valence-corrected chi connectivity index (χ2v) is 7.93. The van der Waals surface area contributed by atoms with E-state index in [-0.39, 0.29) is 30.4 Å². The first-order valence-corrected chi connectivity index (χ1v) is 10.8. The lowest BCUT2D eigenvalue weighted by Crippen LogP contribution is -2.42. The summed E-state index contributed by atoms with van der Waals surface area (Å²) in [6.07, 6.45) is 0.623. The van der Waals surface area contributed by atoms with Crippen molar-refractivity contribution in [3.63, 3.8) is 0 Å². The molecule has 0 bridgehead atoms. The Kier molecular flexibility index (Phi) is 7.26. The van der Waals surface area contributed by atoms with Gasteiger partial charge in [-0.25, -0.2) is 9.78 Å². The Morgan fingerprint density at radius 1 is 1.32 bits per heavy atom. The van der Waals surface area contributed by atoms with E-state index in [2.05, 4.69) is 9.97 Å². The molecule has 2 heterocycles. The van der Waals surface area contributed by atoms with Crippen LogP contribution in [-0.4, -0.2) is 40.7 Å².